The van der Waals surface area contributed by atoms with Crippen LogP contribution in [0.5, 0.6) is 0 Å². The summed E-state index contributed by atoms with van der Waals surface area (Å²) >= 11 is 6.04. The summed E-state index contributed by atoms with van der Waals surface area (Å²) in [6.45, 7) is 2.43. The van der Waals surface area contributed by atoms with Gasteiger partial charge in [0.05, 0.1) is 39.2 Å². The quantitative estimate of drug-likeness (QED) is 0.317. The van der Waals surface area contributed by atoms with E-state index in [4.69, 9.17) is 11.6 Å². The molecule has 0 unspecified atom stereocenters. The van der Waals surface area contributed by atoms with Crippen molar-refractivity contribution >= 4 is 28.5 Å². The van der Waals surface area contributed by atoms with Gasteiger partial charge in [-0.2, -0.15) is 0 Å². The summed E-state index contributed by atoms with van der Waals surface area (Å²) in [4.78, 5) is 42.5. The van der Waals surface area contributed by atoms with Crippen molar-refractivity contribution in [1.82, 2.24) is 34.4 Å². The molecule has 0 saturated heterocycles. The predicted molar refractivity (Wildman–Crippen MR) is 150 cm³/mol. The highest BCUT2D eigenvalue weighted by Crippen LogP contribution is 2.28. The Bertz CT molecular complexity index is 1680. The molecule has 0 bridgehead atoms. The molecule has 10 heteroatoms. The number of nitrogens with one attached hydrogen (secondary N) is 2. The lowest BCUT2D eigenvalue weighted by molar-refractivity contribution is 0.0919. The minimum atomic E-state index is -0.142. The van der Waals surface area contributed by atoms with E-state index in [2.05, 4.69) is 25.3 Å². The van der Waals surface area contributed by atoms with Gasteiger partial charge in [-0.3, -0.25) is 23.9 Å². The Labute approximate surface area is 229 Å². The van der Waals surface area contributed by atoms with Gasteiger partial charge in [0, 0.05) is 31.2 Å². The first-order valence-corrected chi connectivity index (χ1v) is 13.4. The van der Waals surface area contributed by atoms with E-state index >= 15 is 0 Å². The number of aromatic amines is 1. The average Bonchev–Trinajstić information content (AvgIpc) is 3.58. The van der Waals surface area contributed by atoms with Crippen LogP contribution in [-0.4, -0.2) is 41.0 Å². The van der Waals surface area contributed by atoms with Gasteiger partial charge in [-0.1, -0.05) is 23.7 Å². The first kappa shape index (κ1) is 25.1. The lowest BCUT2D eigenvalue weighted by atomic mass is 9.85. The van der Waals surface area contributed by atoms with Crippen molar-refractivity contribution in [2.24, 2.45) is 5.92 Å². The average molecular weight is 542 g/mol. The van der Waals surface area contributed by atoms with Gasteiger partial charge < -0.3 is 10.3 Å². The summed E-state index contributed by atoms with van der Waals surface area (Å²) in [5.41, 5.74) is 4.26. The van der Waals surface area contributed by atoms with Crippen molar-refractivity contribution in [2.45, 2.75) is 45.2 Å². The normalized spacial score (nSPS) is 17.4. The van der Waals surface area contributed by atoms with E-state index in [0.29, 0.717) is 45.9 Å². The number of aryl methyl sites for hydroxylation is 1. The van der Waals surface area contributed by atoms with Crippen molar-refractivity contribution in [1.29, 1.82) is 0 Å². The Morgan fingerprint density at radius 3 is 2.56 bits per heavy atom. The van der Waals surface area contributed by atoms with Crippen LogP contribution in [0.25, 0.3) is 28.2 Å². The van der Waals surface area contributed by atoms with Gasteiger partial charge in [0.2, 0.25) is 0 Å². The third-order valence-corrected chi connectivity index (χ3v) is 7.71. The highest BCUT2D eigenvalue weighted by Gasteiger charge is 2.25. The molecule has 1 aliphatic rings. The molecule has 1 amide bonds. The van der Waals surface area contributed by atoms with Crippen molar-refractivity contribution in [3.63, 3.8) is 0 Å². The lowest BCUT2D eigenvalue weighted by Gasteiger charge is -2.29. The summed E-state index contributed by atoms with van der Waals surface area (Å²) in [7, 11) is 0. The fourth-order valence-corrected chi connectivity index (χ4v) is 5.60. The van der Waals surface area contributed by atoms with Crippen molar-refractivity contribution in [2.75, 3.05) is 0 Å². The van der Waals surface area contributed by atoms with Crippen LogP contribution in [0.2, 0.25) is 5.02 Å². The number of benzene rings is 1. The van der Waals surface area contributed by atoms with Gasteiger partial charge in [-0.15, -0.1) is 0 Å². The fraction of sp³-hybridized carbons (Fsp3) is 0.276. The molecule has 9 nitrogen and oxygen atoms in total. The number of carbonyl (C=O) groups excluding carboxylic acids is 1. The molecular weight excluding hydrogens is 514 g/mol. The maximum Gasteiger partial charge on any atom is 0.333 e. The van der Waals surface area contributed by atoms with Gasteiger partial charge in [0.1, 0.15) is 5.69 Å². The number of hydrogen-bond acceptors (Lipinski definition) is 5. The van der Waals surface area contributed by atoms with Crippen LogP contribution < -0.4 is 11.0 Å². The number of nitrogens with zero attached hydrogens (tertiary/aromatic N) is 5. The van der Waals surface area contributed by atoms with Crippen molar-refractivity contribution < 1.29 is 4.79 Å². The van der Waals surface area contributed by atoms with Crippen molar-refractivity contribution in [3.05, 3.63) is 94.0 Å². The number of carbonyl (C=O) groups is 1. The zero-order chi connectivity index (χ0) is 26.9. The second kappa shape index (κ2) is 10.5. The highest BCUT2D eigenvalue weighted by atomic mass is 35.5. The molecule has 2 N–H and O–H groups in total. The van der Waals surface area contributed by atoms with E-state index in [-0.39, 0.29) is 17.6 Å². The lowest BCUT2D eigenvalue weighted by Crippen LogP contribution is -2.39. The number of para-hydroxylation sites is 2. The third-order valence-electron chi connectivity index (χ3n) is 7.50. The number of rotatable bonds is 6. The predicted octanol–water partition coefficient (Wildman–Crippen LogP) is 4.92. The molecule has 39 heavy (non-hydrogen) atoms. The standard InChI is InChI=1S/C29H28ClN7O2/c1-18-23(14-20(30)15-33-18)28(38)35-21-8-6-19(7-9-21)17-36-25-4-2-3-5-26(25)37(29(36)39)22-10-11-24(34-16-22)27-31-12-13-32-27/h2-5,10-16,19,21H,6-9,17H2,1H3,(H,31,32)(H,35,38)/t19-,21-. The topological polar surface area (TPSA) is 110 Å². The summed E-state index contributed by atoms with van der Waals surface area (Å²) in [6.07, 6.45) is 10.2. The number of halogens is 1. The SMILES string of the molecule is Cc1ncc(Cl)cc1C(=O)N[C@H]1CC[C@H](Cn2c(=O)n(-c3ccc(-c4ncc[nH]4)nc3)c3ccccc32)CC1. The zero-order valence-electron chi connectivity index (χ0n) is 21.5. The Kier molecular flexibility index (Phi) is 6.74. The largest absolute Gasteiger partial charge is 0.349 e. The first-order valence-electron chi connectivity index (χ1n) is 13.1. The van der Waals surface area contributed by atoms with E-state index in [1.165, 1.54) is 0 Å². The molecule has 4 aromatic heterocycles. The number of H-pyrrole nitrogens is 1. The molecule has 4 heterocycles. The molecule has 0 radical (unpaired) electrons. The summed E-state index contributed by atoms with van der Waals surface area (Å²) < 4.78 is 3.60. The van der Waals surface area contributed by atoms with E-state index in [1.54, 1.807) is 42.3 Å². The summed E-state index contributed by atoms with van der Waals surface area (Å²) in [5.74, 6) is 0.878. The highest BCUT2D eigenvalue weighted by molar-refractivity contribution is 6.30. The maximum atomic E-state index is 13.7. The molecular formula is C29H28ClN7O2. The Hall–Kier alpha value is -4.24. The minimum absolute atomic E-state index is 0.0805. The minimum Gasteiger partial charge on any atom is -0.349 e. The second-order valence-electron chi connectivity index (χ2n) is 10.0. The van der Waals surface area contributed by atoms with Crippen LogP contribution in [0.3, 0.4) is 0 Å². The molecule has 198 valence electrons. The number of amides is 1. The maximum absolute atomic E-state index is 13.7. The smallest absolute Gasteiger partial charge is 0.333 e. The summed E-state index contributed by atoms with van der Waals surface area (Å²) in [5, 5.41) is 3.59. The number of pyridine rings is 2. The van der Waals surface area contributed by atoms with Crippen LogP contribution in [0.1, 0.15) is 41.7 Å². The molecule has 6 rings (SSSR count). The fourth-order valence-electron chi connectivity index (χ4n) is 5.45. The van der Waals surface area contributed by atoms with Gasteiger partial charge in [-0.25, -0.2) is 9.78 Å². The van der Waals surface area contributed by atoms with Crippen LogP contribution in [0.15, 0.2) is 72.0 Å². The van der Waals surface area contributed by atoms with E-state index in [0.717, 1.165) is 36.7 Å². The number of fused-ring (bicyclic) bond motifs is 1. The third kappa shape index (κ3) is 4.97. The molecule has 1 fully saturated rings. The Balaban J connectivity index is 1.18. The first-order chi connectivity index (χ1) is 19.0. The number of imidazole rings is 2. The number of aromatic nitrogens is 6. The van der Waals surface area contributed by atoms with Gasteiger partial charge in [-0.05, 0) is 68.9 Å². The molecule has 1 aliphatic carbocycles. The Morgan fingerprint density at radius 2 is 1.85 bits per heavy atom. The van der Waals surface area contributed by atoms with Crippen LogP contribution in [-0.2, 0) is 6.54 Å². The molecule has 0 atom stereocenters. The van der Waals surface area contributed by atoms with Gasteiger partial charge in [0.15, 0.2) is 5.82 Å². The van der Waals surface area contributed by atoms with E-state index in [9.17, 15) is 9.59 Å². The number of hydrogen-bond donors (Lipinski definition) is 2. The zero-order valence-corrected chi connectivity index (χ0v) is 22.2. The van der Waals surface area contributed by atoms with Crippen LogP contribution >= 0.6 is 11.6 Å². The van der Waals surface area contributed by atoms with E-state index < -0.39 is 0 Å². The Morgan fingerprint density at radius 1 is 1.05 bits per heavy atom. The monoisotopic (exact) mass is 541 g/mol. The van der Waals surface area contributed by atoms with E-state index in [1.807, 2.05) is 41.0 Å². The molecule has 0 spiro atoms. The summed E-state index contributed by atoms with van der Waals surface area (Å²) in [6, 6.07) is 13.4. The van der Waals surface area contributed by atoms with Gasteiger partial charge >= 0.3 is 5.69 Å². The second-order valence-corrected chi connectivity index (χ2v) is 10.5. The molecule has 1 saturated carbocycles. The van der Waals surface area contributed by atoms with Crippen LogP contribution in [0.4, 0.5) is 0 Å². The van der Waals surface area contributed by atoms with Crippen LogP contribution in [0, 0.1) is 12.8 Å². The molecule has 1 aromatic carbocycles. The molecule has 0 aliphatic heterocycles. The molecule has 5 aromatic rings. The van der Waals surface area contributed by atoms with Crippen molar-refractivity contribution in [3.8, 4) is 17.2 Å². The van der Waals surface area contributed by atoms with Gasteiger partial charge in [0.25, 0.3) is 5.91 Å².